The van der Waals surface area contributed by atoms with E-state index in [1.807, 2.05) is 20.8 Å². The van der Waals surface area contributed by atoms with Gasteiger partial charge in [-0.3, -0.25) is 4.79 Å². The minimum Gasteiger partial charge on any atom is -0.413 e. The lowest BCUT2D eigenvalue weighted by Crippen LogP contribution is -2.52. The van der Waals surface area contributed by atoms with Crippen LogP contribution in [0.5, 0.6) is 0 Å². The fourth-order valence-corrected chi connectivity index (χ4v) is 8.70. The van der Waals surface area contributed by atoms with Crippen LogP contribution in [0.1, 0.15) is 62.3 Å². The van der Waals surface area contributed by atoms with Crippen LogP contribution in [0.4, 0.5) is 0 Å². The van der Waals surface area contributed by atoms with Gasteiger partial charge in [0, 0.05) is 5.54 Å². The van der Waals surface area contributed by atoms with Crippen molar-refractivity contribution >= 4 is 14.2 Å². The van der Waals surface area contributed by atoms with Gasteiger partial charge in [-0.1, -0.05) is 41.5 Å². The number of hydrogen-bond acceptors (Lipinski definition) is 3. The van der Waals surface area contributed by atoms with Gasteiger partial charge >= 0.3 is 0 Å². The second kappa shape index (κ2) is 7.74. The molecule has 0 heterocycles. The highest BCUT2D eigenvalue weighted by Gasteiger charge is 2.45. The van der Waals surface area contributed by atoms with E-state index >= 15 is 0 Å². The Bertz CT molecular complexity index is 313. The molecule has 0 saturated carbocycles. The SMILES string of the molecule is CC(C)[Si](OC[C@H](O)C(=O)NC(C)(C)C)(C(C)C)C(C)C. The molecular weight excluding hydrogens is 282 g/mol. The van der Waals surface area contributed by atoms with Crippen LogP contribution in [0.15, 0.2) is 0 Å². The maximum Gasteiger partial charge on any atom is 0.251 e. The molecule has 0 aromatic rings. The van der Waals surface area contributed by atoms with Gasteiger partial charge in [0.1, 0.15) is 0 Å². The second-order valence-electron chi connectivity index (χ2n) is 7.88. The summed E-state index contributed by atoms with van der Waals surface area (Å²) < 4.78 is 6.24. The van der Waals surface area contributed by atoms with E-state index in [0.717, 1.165) is 0 Å². The van der Waals surface area contributed by atoms with Gasteiger partial charge in [-0.25, -0.2) is 0 Å². The summed E-state index contributed by atoms with van der Waals surface area (Å²) in [6.07, 6.45) is -1.10. The smallest absolute Gasteiger partial charge is 0.251 e. The van der Waals surface area contributed by atoms with Crippen molar-refractivity contribution in [3.05, 3.63) is 0 Å². The lowest BCUT2D eigenvalue weighted by molar-refractivity contribution is -0.132. The topological polar surface area (TPSA) is 58.6 Å². The summed E-state index contributed by atoms with van der Waals surface area (Å²) in [7, 11) is -2.03. The van der Waals surface area contributed by atoms with Crippen molar-refractivity contribution in [2.24, 2.45) is 0 Å². The minimum atomic E-state index is -2.03. The van der Waals surface area contributed by atoms with Crippen molar-refractivity contribution in [1.82, 2.24) is 5.32 Å². The van der Waals surface area contributed by atoms with Crippen molar-refractivity contribution in [3.63, 3.8) is 0 Å². The van der Waals surface area contributed by atoms with E-state index in [9.17, 15) is 9.90 Å². The quantitative estimate of drug-likeness (QED) is 0.707. The number of carbonyl (C=O) groups is 1. The molecule has 0 aliphatic heterocycles. The fraction of sp³-hybridized carbons (Fsp3) is 0.938. The second-order valence-corrected chi connectivity index (χ2v) is 13.3. The predicted octanol–water partition coefficient (Wildman–Crippen LogP) is 3.45. The van der Waals surface area contributed by atoms with Crippen LogP contribution in [0.3, 0.4) is 0 Å². The van der Waals surface area contributed by atoms with E-state index in [4.69, 9.17) is 4.43 Å². The summed E-state index contributed by atoms with van der Waals surface area (Å²) in [6.45, 7) is 18.9. The zero-order chi connectivity index (χ0) is 17.0. The first-order valence-corrected chi connectivity index (χ1v) is 10.1. The molecule has 1 atom stereocenters. The highest BCUT2D eigenvalue weighted by molar-refractivity contribution is 6.77. The molecule has 4 nitrogen and oxygen atoms in total. The number of rotatable bonds is 7. The summed E-state index contributed by atoms with van der Waals surface area (Å²) in [4.78, 5) is 12.0. The van der Waals surface area contributed by atoms with Crippen LogP contribution in [0, 0.1) is 0 Å². The van der Waals surface area contributed by atoms with Crippen molar-refractivity contribution in [2.75, 3.05) is 6.61 Å². The molecule has 0 aliphatic carbocycles. The summed E-state index contributed by atoms with van der Waals surface area (Å²) in [5.41, 5.74) is 0.974. The molecule has 0 saturated heterocycles. The fourth-order valence-electron chi connectivity index (χ4n) is 3.25. The van der Waals surface area contributed by atoms with Gasteiger partial charge < -0.3 is 14.8 Å². The number of nitrogens with one attached hydrogen (secondary N) is 1. The number of amides is 1. The van der Waals surface area contributed by atoms with Crippen LogP contribution in [-0.2, 0) is 9.22 Å². The number of hydrogen-bond donors (Lipinski definition) is 2. The summed E-state index contributed by atoms with van der Waals surface area (Å²) in [5.74, 6) is -0.360. The number of carbonyl (C=O) groups excluding carboxylic acids is 1. The Kier molecular flexibility index (Phi) is 7.60. The van der Waals surface area contributed by atoms with Gasteiger partial charge in [0.25, 0.3) is 5.91 Å². The third-order valence-electron chi connectivity index (χ3n) is 4.00. The predicted molar refractivity (Wildman–Crippen MR) is 90.9 cm³/mol. The molecule has 1 amide bonds. The molecule has 126 valence electrons. The first-order valence-electron chi connectivity index (χ1n) is 7.98. The lowest BCUT2D eigenvalue weighted by Gasteiger charge is -2.42. The standard InChI is InChI=1S/C16H35NO3Si/c1-11(2)21(12(3)4,13(5)6)20-10-14(18)15(19)17-16(7,8)9/h11-14,18H,10H2,1-9H3,(H,17,19)/t14-/m0/s1. The van der Waals surface area contributed by atoms with Gasteiger partial charge in [0.05, 0.1) is 6.61 Å². The molecule has 0 aliphatic rings. The molecule has 0 bridgehead atoms. The third kappa shape index (κ3) is 5.72. The molecule has 0 rings (SSSR count). The van der Waals surface area contributed by atoms with Crippen molar-refractivity contribution in [1.29, 1.82) is 0 Å². The van der Waals surface area contributed by atoms with Crippen molar-refractivity contribution in [3.8, 4) is 0 Å². The zero-order valence-corrected chi connectivity index (χ0v) is 16.3. The van der Waals surface area contributed by atoms with E-state index in [1.165, 1.54) is 0 Å². The number of aliphatic hydroxyl groups is 1. The molecule has 0 unspecified atom stereocenters. The van der Waals surface area contributed by atoms with Crippen LogP contribution < -0.4 is 5.32 Å². The maximum atomic E-state index is 12.0. The van der Waals surface area contributed by atoms with E-state index in [1.54, 1.807) is 0 Å². The van der Waals surface area contributed by atoms with Crippen LogP contribution in [-0.4, -0.2) is 37.6 Å². The normalized spacial score (nSPS) is 14.9. The summed E-state index contributed by atoms with van der Waals surface area (Å²) in [5, 5.41) is 12.9. The van der Waals surface area contributed by atoms with Gasteiger partial charge in [-0.15, -0.1) is 0 Å². The third-order valence-corrected chi connectivity index (χ3v) is 10.1. The first-order chi connectivity index (χ1) is 9.34. The van der Waals surface area contributed by atoms with Crippen LogP contribution >= 0.6 is 0 Å². The first kappa shape index (κ1) is 20.6. The molecule has 21 heavy (non-hydrogen) atoms. The van der Waals surface area contributed by atoms with Crippen LogP contribution in [0.25, 0.3) is 0 Å². The molecule has 2 N–H and O–H groups in total. The van der Waals surface area contributed by atoms with Crippen molar-refractivity contribution in [2.45, 2.75) is 90.6 Å². The monoisotopic (exact) mass is 317 g/mol. The Labute approximate surface area is 131 Å². The molecule has 0 aromatic carbocycles. The molecule has 0 spiro atoms. The van der Waals surface area contributed by atoms with Gasteiger partial charge in [0.15, 0.2) is 14.4 Å². The highest BCUT2D eigenvalue weighted by Crippen LogP contribution is 2.42. The Morgan fingerprint density at radius 1 is 1.05 bits per heavy atom. The van der Waals surface area contributed by atoms with Crippen molar-refractivity contribution < 1.29 is 14.3 Å². The molecule has 5 heteroatoms. The zero-order valence-electron chi connectivity index (χ0n) is 15.3. The average Bonchev–Trinajstić information content (AvgIpc) is 2.25. The van der Waals surface area contributed by atoms with Gasteiger partial charge in [-0.2, -0.15) is 0 Å². The minimum absolute atomic E-state index is 0.0860. The molecular formula is C16H35NO3Si. The summed E-state index contributed by atoms with van der Waals surface area (Å²) in [6, 6.07) is 0. The number of aliphatic hydroxyl groups excluding tert-OH is 1. The Hall–Kier alpha value is -0.393. The van der Waals surface area contributed by atoms with Crippen LogP contribution in [0.2, 0.25) is 16.6 Å². The average molecular weight is 318 g/mol. The largest absolute Gasteiger partial charge is 0.413 e. The Morgan fingerprint density at radius 2 is 1.43 bits per heavy atom. The maximum absolute atomic E-state index is 12.0. The van der Waals surface area contributed by atoms with Gasteiger partial charge in [0.2, 0.25) is 0 Å². The Morgan fingerprint density at radius 3 is 1.71 bits per heavy atom. The Balaban J connectivity index is 4.88. The molecule has 0 radical (unpaired) electrons. The summed E-state index contributed by atoms with van der Waals surface area (Å²) >= 11 is 0. The van der Waals surface area contributed by atoms with E-state index in [-0.39, 0.29) is 18.1 Å². The molecule has 0 fully saturated rings. The highest BCUT2D eigenvalue weighted by atomic mass is 28.4. The molecule has 0 aromatic heterocycles. The van der Waals surface area contributed by atoms with Gasteiger partial charge in [-0.05, 0) is 37.4 Å². The van der Waals surface area contributed by atoms with E-state index in [0.29, 0.717) is 16.6 Å². The van der Waals surface area contributed by atoms with E-state index in [2.05, 4.69) is 46.9 Å². The lowest BCUT2D eigenvalue weighted by atomic mass is 10.1. The van der Waals surface area contributed by atoms with E-state index < -0.39 is 14.4 Å².